The second-order valence-electron chi connectivity index (χ2n) is 5.05. The molecule has 0 aromatic heterocycles. The van der Waals surface area contributed by atoms with E-state index in [4.69, 9.17) is 5.73 Å². The maximum Gasteiger partial charge on any atom is 0.501 e. The lowest BCUT2D eigenvalue weighted by atomic mass is 9.94. The maximum atomic E-state index is 12.4. The largest absolute Gasteiger partial charge is 0.501 e. The molecule has 1 rings (SSSR count). The summed E-state index contributed by atoms with van der Waals surface area (Å²) in [4.78, 5) is -0.766. The molecule has 0 radical (unpaired) electrons. The molecule has 0 aliphatic heterocycles. The maximum absolute atomic E-state index is 12.4. The van der Waals surface area contributed by atoms with Crippen LogP contribution in [0.3, 0.4) is 0 Å². The van der Waals surface area contributed by atoms with Crippen molar-refractivity contribution in [2.75, 3.05) is 11.9 Å². The summed E-state index contributed by atoms with van der Waals surface area (Å²) in [6.07, 6.45) is 1.46. The SMILES string of the molecule is CCC(C)(CCN)Nc1ccc(S(=O)(=O)C(F)(F)F)cc1. The third kappa shape index (κ3) is 4.10. The molecule has 1 aromatic rings. The minimum atomic E-state index is -5.30. The monoisotopic (exact) mass is 324 g/mol. The number of hydrogen-bond acceptors (Lipinski definition) is 4. The van der Waals surface area contributed by atoms with Crippen molar-refractivity contribution in [2.24, 2.45) is 5.73 Å². The Morgan fingerprint density at radius 3 is 2.10 bits per heavy atom. The standard InChI is InChI=1S/C13H19F3N2O2S/c1-3-12(2,8-9-17)18-10-4-6-11(7-5-10)21(19,20)13(14,15)16/h4-7,18H,3,8-9,17H2,1-2H3. The van der Waals surface area contributed by atoms with Gasteiger partial charge in [0.1, 0.15) is 0 Å². The van der Waals surface area contributed by atoms with Crippen LogP contribution in [0.25, 0.3) is 0 Å². The van der Waals surface area contributed by atoms with Crippen LogP contribution in [-0.2, 0) is 9.84 Å². The third-order valence-electron chi connectivity index (χ3n) is 3.39. The molecule has 0 aliphatic rings. The molecule has 0 fully saturated rings. The number of halogens is 3. The molecule has 0 aliphatic carbocycles. The van der Waals surface area contributed by atoms with E-state index in [2.05, 4.69) is 5.32 Å². The van der Waals surface area contributed by atoms with Crippen LogP contribution in [0.2, 0.25) is 0 Å². The van der Waals surface area contributed by atoms with Crippen LogP contribution >= 0.6 is 0 Å². The minimum Gasteiger partial charge on any atom is -0.380 e. The zero-order chi connectivity index (χ0) is 16.3. The molecule has 0 bridgehead atoms. The van der Waals surface area contributed by atoms with E-state index >= 15 is 0 Å². The molecule has 0 saturated carbocycles. The number of anilines is 1. The van der Waals surface area contributed by atoms with E-state index in [1.807, 2.05) is 13.8 Å². The van der Waals surface area contributed by atoms with Gasteiger partial charge in [0.2, 0.25) is 0 Å². The van der Waals surface area contributed by atoms with Gasteiger partial charge >= 0.3 is 5.51 Å². The van der Waals surface area contributed by atoms with Gasteiger partial charge in [-0.2, -0.15) is 13.2 Å². The average molecular weight is 324 g/mol. The molecule has 1 atom stereocenters. The first-order valence-corrected chi connectivity index (χ1v) is 7.94. The molecular weight excluding hydrogens is 305 g/mol. The molecular formula is C13H19F3N2O2S. The van der Waals surface area contributed by atoms with E-state index in [1.165, 1.54) is 12.1 Å². The molecule has 4 nitrogen and oxygen atoms in total. The van der Waals surface area contributed by atoms with E-state index < -0.39 is 20.2 Å². The summed E-state index contributed by atoms with van der Waals surface area (Å²) in [7, 11) is -5.30. The fourth-order valence-corrected chi connectivity index (χ4v) is 2.61. The molecule has 3 N–H and O–H groups in total. The van der Waals surface area contributed by atoms with Crippen LogP contribution in [0, 0.1) is 0 Å². The number of sulfone groups is 1. The summed E-state index contributed by atoms with van der Waals surface area (Å²) in [5.41, 5.74) is 0.494. The molecule has 8 heteroatoms. The Balaban J connectivity index is 2.99. The highest BCUT2D eigenvalue weighted by Gasteiger charge is 2.46. The normalized spacial score (nSPS) is 15.5. The van der Waals surface area contributed by atoms with Gasteiger partial charge in [0, 0.05) is 11.2 Å². The van der Waals surface area contributed by atoms with Crippen molar-refractivity contribution in [1.82, 2.24) is 0 Å². The zero-order valence-corrected chi connectivity index (χ0v) is 12.7. The summed E-state index contributed by atoms with van der Waals surface area (Å²) in [6.45, 7) is 4.38. The highest BCUT2D eigenvalue weighted by molar-refractivity contribution is 7.92. The predicted octanol–water partition coefficient (Wildman–Crippen LogP) is 2.91. The van der Waals surface area contributed by atoms with Crippen LogP contribution in [0.15, 0.2) is 29.2 Å². The number of nitrogens with two attached hydrogens (primary N) is 1. The molecule has 120 valence electrons. The van der Waals surface area contributed by atoms with Crippen molar-refractivity contribution >= 4 is 15.5 Å². The van der Waals surface area contributed by atoms with E-state index in [0.29, 0.717) is 18.7 Å². The number of hydrogen-bond donors (Lipinski definition) is 2. The van der Waals surface area contributed by atoms with Crippen molar-refractivity contribution in [3.05, 3.63) is 24.3 Å². The van der Waals surface area contributed by atoms with Gasteiger partial charge in [-0.1, -0.05) is 6.92 Å². The highest BCUT2D eigenvalue weighted by atomic mass is 32.2. The lowest BCUT2D eigenvalue weighted by Crippen LogP contribution is -2.36. The Kier molecular flexibility index (Phi) is 5.27. The molecule has 0 spiro atoms. The molecule has 1 aromatic carbocycles. The average Bonchev–Trinajstić information content (AvgIpc) is 2.38. The lowest BCUT2D eigenvalue weighted by Gasteiger charge is -2.30. The van der Waals surface area contributed by atoms with Crippen molar-refractivity contribution in [1.29, 1.82) is 0 Å². The Morgan fingerprint density at radius 1 is 1.19 bits per heavy atom. The first-order chi connectivity index (χ1) is 9.55. The van der Waals surface area contributed by atoms with Crippen LogP contribution in [-0.4, -0.2) is 26.0 Å². The van der Waals surface area contributed by atoms with Gasteiger partial charge in [0.05, 0.1) is 4.90 Å². The van der Waals surface area contributed by atoms with Gasteiger partial charge in [0.15, 0.2) is 0 Å². The van der Waals surface area contributed by atoms with E-state index in [0.717, 1.165) is 18.6 Å². The Bertz CT molecular complexity index is 570. The number of benzene rings is 1. The van der Waals surface area contributed by atoms with Gasteiger partial charge in [0.25, 0.3) is 9.84 Å². The van der Waals surface area contributed by atoms with Gasteiger partial charge in [-0.05, 0) is 50.6 Å². The summed E-state index contributed by atoms with van der Waals surface area (Å²) in [6, 6.07) is 4.54. The molecule has 21 heavy (non-hydrogen) atoms. The van der Waals surface area contributed by atoms with Gasteiger partial charge < -0.3 is 11.1 Å². The topological polar surface area (TPSA) is 72.2 Å². The zero-order valence-electron chi connectivity index (χ0n) is 11.9. The van der Waals surface area contributed by atoms with Crippen molar-refractivity contribution in [3.63, 3.8) is 0 Å². The van der Waals surface area contributed by atoms with Crippen molar-refractivity contribution in [2.45, 2.75) is 42.6 Å². The van der Waals surface area contributed by atoms with Gasteiger partial charge in [-0.25, -0.2) is 8.42 Å². The second kappa shape index (κ2) is 6.23. The third-order valence-corrected chi connectivity index (χ3v) is 4.89. The predicted molar refractivity (Wildman–Crippen MR) is 75.7 cm³/mol. The molecule has 0 saturated heterocycles. The summed E-state index contributed by atoms with van der Waals surface area (Å²) < 4.78 is 59.8. The van der Waals surface area contributed by atoms with E-state index in [1.54, 1.807) is 0 Å². The quantitative estimate of drug-likeness (QED) is 0.844. The second-order valence-corrected chi connectivity index (χ2v) is 6.99. The van der Waals surface area contributed by atoms with Crippen LogP contribution < -0.4 is 11.1 Å². The van der Waals surface area contributed by atoms with E-state index in [-0.39, 0.29) is 5.54 Å². The van der Waals surface area contributed by atoms with Gasteiger partial charge in [-0.15, -0.1) is 0 Å². The van der Waals surface area contributed by atoms with Gasteiger partial charge in [-0.3, -0.25) is 0 Å². The highest BCUT2D eigenvalue weighted by Crippen LogP contribution is 2.31. The minimum absolute atomic E-state index is 0.292. The fourth-order valence-electron chi connectivity index (χ4n) is 1.85. The summed E-state index contributed by atoms with van der Waals surface area (Å²) in [5.74, 6) is 0. The fraction of sp³-hybridized carbons (Fsp3) is 0.538. The van der Waals surface area contributed by atoms with Crippen LogP contribution in [0.4, 0.5) is 18.9 Å². The van der Waals surface area contributed by atoms with Crippen molar-refractivity contribution in [3.8, 4) is 0 Å². The summed E-state index contributed by atoms with van der Waals surface area (Å²) >= 11 is 0. The van der Waals surface area contributed by atoms with Crippen LogP contribution in [0.1, 0.15) is 26.7 Å². The Hall–Kier alpha value is -1.28. The Morgan fingerprint density at radius 2 is 1.71 bits per heavy atom. The number of nitrogens with one attached hydrogen (secondary N) is 1. The smallest absolute Gasteiger partial charge is 0.380 e. The first kappa shape index (κ1) is 17.8. The Labute approximate surface area is 122 Å². The van der Waals surface area contributed by atoms with Crippen LogP contribution in [0.5, 0.6) is 0 Å². The molecule has 1 unspecified atom stereocenters. The first-order valence-electron chi connectivity index (χ1n) is 6.45. The number of alkyl halides is 3. The van der Waals surface area contributed by atoms with Crippen molar-refractivity contribution < 1.29 is 21.6 Å². The van der Waals surface area contributed by atoms with E-state index in [9.17, 15) is 21.6 Å². The summed E-state index contributed by atoms with van der Waals surface area (Å²) in [5, 5.41) is 3.17. The molecule has 0 heterocycles. The lowest BCUT2D eigenvalue weighted by molar-refractivity contribution is -0.0436. The molecule has 0 amide bonds. The number of rotatable bonds is 6.